The number of amides is 4. The molecule has 10 heteroatoms. The normalized spacial score (nSPS) is 20.1. The van der Waals surface area contributed by atoms with E-state index < -0.39 is 12.1 Å². The Kier molecular flexibility index (Phi) is 10.1. The molecule has 2 aromatic carbocycles. The number of ether oxygens (including phenoxy) is 2. The summed E-state index contributed by atoms with van der Waals surface area (Å²) in [6.07, 6.45) is 4.57. The zero-order valence-electron chi connectivity index (χ0n) is 24.4. The molecule has 1 fully saturated rings. The van der Waals surface area contributed by atoms with Crippen molar-refractivity contribution in [3.63, 3.8) is 0 Å². The van der Waals surface area contributed by atoms with Crippen LogP contribution in [0.4, 0.5) is 16.2 Å². The molecule has 41 heavy (non-hydrogen) atoms. The summed E-state index contributed by atoms with van der Waals surface area (Å²) in [7, 11) is 3.28. The Bertz CT molecular complexity index is 1210. The number of rotatable bonds is 8. The smallest absolute Gasteiger partial charge is 0.321 e. The average molecular weight is 567 g/mol. The Morgan fingerprint density at radius 3 is 2.44 bits per heavy atom. The highest BCUT2D eigenvalue weighted by Crippen LogP contribution is 2.32. The summed E-state index contributed by atoms with van der Waals surface area (Å²) >= 11 is 0. The van der Waals surface area contributed by atoms with Crippen molar-refractivity contribution in [2.75, 3.05) is 44.5 Å². The van der Waals surface area contributed by atoms with E-state index in [1.54, 1.807) is 73.3 Å². The van der Waals surface area contributed by atoms with Gasteiger partial charge in [-0.3, -0.25) is 9.59 Å². The lowest BCUT2D eigenvalue weighted by molar-refractivity contribution is -0.120. The van der Waals surface area contributed by atoms with Crippen LogP contribution in [0, 0.1) is 11.8 Å². The Morgan fingerprint density at radius 1 is 1.10 bits per heavy atom. The maximum absolute atomic E-state index is 13.7. The summed E-state index contributed by atoms with van der Waals surface area (Å²) in [5.74, 6) is 0.601. The average Bonchev–Trinajstić information content (AvgIpc) is 2.99. The highest BCUT2D eigenvalue weighted by atomic mass is 16.5. The molecule has 10 nitrogen and oxygen atoms in total. The van der Waals surface area contributed by atoms with E-state index in [0.717, 1.165) is 32.1 Å². The molecule has 1 heterocycles. The second-order valence-corrected chi connectivity index (χ2v) is 11.2. The van der Waals surface area contributed by atoms with Gasteiger partial charge in [0.15, 0.2) is 0 Å². The maximum Gasteiger partial charge on any atom is 0.321 e. The van der Waals surface area contributed by atoms with Gasteiger partial charge < -0.3 is 35.0 Å². The minimum Gasteiger partial charge on any atom is -0.497 e. The predicted molar refractivity (Wildman–Crippen MR) is 157 cm³/mol. The molecular weight excluding hydrogens is 524 g/mol. The number of nitrogens with one attached hydrogen (secondary N) is 2. The molecule has 4 amide bonds. The topological polar surface area (TPSA) is 120 Å². The number of anilines is 2. The Morgan fingerprint density at radius 2 is 1.78 bits per heavy atom. The number of carbonyl (C=O) groups excluding carboxylic acids is 3. The Labute approximate surface area is 242 Å². The number of aliphatic hydroxyl groups is 1. The van der Waals surface area contributed by atoms with Gasteiger partial charge >= 0.3 is 6.03 Å². The van der Waals surface area contributed by atoms with Crippen LogP contribution < -0.4 is 20.1 Å². The summed E-state index contributed by atoms with van der Waals surface area (Å²) in [5.41, 5.74) is 1.49. The second kappa shape index (κ2) is 13.7. The van der Waals surface area contributed by atoms with Gasteiger partial charge in [0.2, 0.25) is 5.91 Å². The lowest BCUT2D eigenvalue weighted by atomic mass is 9.88. The van der Waals surface area contributed by atoms with E-state index in [1.807, 2.05) is 6.92 Å². The number of methoxy groups -OCH3 is 1. The van der Waals surface area contributed by atoms with Crippen molar-refractivity contribution in [2.45, 2.75) is 58.1 Å². The zero-order chi connectivity index (χ0) is 29.5. The van der Waals surface area contributed by atoms with Crippen LogP contribution in [0.3, 0.4) is 0 Å². The molecule has 2 aliphatic rings. The van der Waals surface area contributed by atoms with E-state index in [2.05, 4.69) is 10.6 Å². The molecule has 2 aromatic rings. The van der Waals surface area contributed by atoms with Crippen LogP contribution in [0.25, 0.3) is 0 Å². The van der Waals surface area contributed by atoms with Crippen molar-refractivity contribution in [1.82, 2.24) is 9.80 Å². The van der Waals surface area contributed by atoms with Crippen LogP contribution in [0.15, 0.2) is 42.5 Å². The van der Waals surface area contributed by atoms with Crippen LogP contribution in [-0.2, 0) is 4.79 Å². The van der Waals surface area contributed by atoms with Gasteiger partial charge in [-0.2, -0.15) is 0 Å². The van der Waals surface area contributed by atoms with Crippen molar-refractivity contribution < 1.29 is 29.0 Å². The summed E-state index contributed by atoms with van der Waals surface area (Å²) in [6, 6.07) is 11.4. The van der Waals surface area contributed by atoms with Gasteiger partial charge in [-0.05, 0) is 62.2 Å². The highest BCUT2D eigenvalue weighted by Gasteiger charge is 2.34. The lowest BCUT2D eigenvalue weighted by Gasteiger charge is -2.38. The number of hydrogen-bond donors (Lipinski definition) is 3. The first-order chi connectivity index (χ1) is 19.7. The molecule has 0 radical (unpaired) electrons. The fourth-order valence-electron chi connectivity index (χ4n) is 5.37. The van der Waals surface area contributed by atoms with Gasteiger partial charge in [-0.25, -0.2) is 4.79 Å². The fourth-order valence-corrected chi connectivity index (χ4v) is 5.37. The fraction of sp³-hybridized carbons (Fsp3) is 0.516. The van der Waals surface area contributed by atoms with Gasteiger partial charge in [0.05, 0.1) is 31.9 Å². The van der Waals surface area contributed by atoms with E-state index in [9.17, 15) is 19.5 Å². The predicted octanol–water partition coefficient (Wildman–Crippen LogP) is 4.60. The quantitative estimate of drug-likeness (QED) is 0.430. The van der Waals surface area contributed by atoms with E-state index in [0.29, 0.717) is 35.0 Å². The number of hydrogen-bond acceptors (Lipinski definition) is 6. The summed E-state index contributed by atoms with van der Waals surface area (Å²) < 4.78 is 11.6. The van der Waals surface area contributed by atoms with E-state index >= 15 is 0 Å². The van der Waals surface area contributed by atoms with Crippen molar-refractivity contribution >= 4 is 29.2 Å². The van der Waals surface area contributed by atoms with Crippen LogP contribution in [0.5, 0.6) is 11.5 Å². The van der Waals surface area contributed by atoms with E-state index in [4.69, 9.17) is 9.47 Å². The number of likely N-dealkylation sites (N-methyl/N-ethyl adjacent to an activating group) is 1. The third kappa shape index (κ3) is 7.49. The summed E-state index contributed by atoms with van der Waals surface area (Å²) in [5, 5.41) is 15.8. The van der Waals surface area contributed by atoms with Crippen LogP contribution >= 0.6 is 0 Å². The van der Waals surface area contributed by atoms with Crippen molar-refractivity contribution in [1.29, 1.82) is 0 Å². The molecule has 3 N–H and O–H groups in total. The van der Waals surface area contributed by atoms with Gasteiger partial charge in [0.25, 0.3) is 5.91 Å². The Balaban J connectivity index is 1.53. The van der Waals surface area contributed by atoms with Gasteiger partial charge in [0.1, 0.15) is 17.6 Å². The first-order valence-electron chi connectivity index (χ1n) is 14.4. The van der Waals surface area contributed by atoms with Crippen LogP contribution in [-0.4, -0.2) is 78.8 Å². The molecule has 222 valence electrons. The highest BCUT2D eigenvalue weighted by molar-refractivity contribution is 6.00. The Hall–Kier alpha value is -3.79. The van der Waals surface area contributed by atoms with E-state index in [-0.39, 0.29) is 42.8 Å². The number of urea groups is 1. The second-order valence-electron chi connectivity index (χ2n) is 11.2. The molecule has 3 atom stereocenters. The third-order valence-electron chi connectivity index (χ3n) is 8.05. The molecule has 0 aromatic heterocycles. The standard InChI is InChI=1S/C31H42N4O6/c1-20-17-35(21(2)19-36)30(38)26-16-24(32-29(37)22-8-6-5-7-9-22)12-15-27(26)41-28(20)18-34(3)31(39)33-23-10-13-25(40-4)14-11-23/h10-16,20-22,28,36H,5-9,17-19H2,1-4H3,(H,32,37)(H,33,39)/t20-,21-,28-/m1/s1. The monoisotopic (exact) mass is 566 g/mol. The third-order valence-corrected chi connectivity index (χ3v) is 8.05. The van der Waals surface area contributed by atoms with Crippen LogP contribution in [0.2, 0.25) is 0 Å². The van der Waals surface area contributed by atoms with Crippen molar-refractivity contribution in [3.8, 4) is 11.5 Å². The van der Waals surface area contributed by atoms with Gasteiger partial charge in [0, 0.05) is 36.8 Å². The number of carbonyl (C=O) groups is 3. The first kappa shape index (κ1) is 30.2. The largest absolute Gasteiger partial charge is 0.497 e. The van der Waals surface area contributed by atoms with Crippen molar-refractivity contribution in [2.24, 2.45) is 11.8 Å². The first-order valence-corrected chi connectivity index (χ1v) is 14.4. The lowest BCUT2D eigenvalue weighted by Crippen LogP contribution is -2.50. The summed E-state index contributed by atoms with van der Waals surface area (Å²) in [6.45, 7) is 4.16. The molecule has 0 saturated heterocycles. The molecule has 0 spiro atoms. The molecule has 4 rings (SSSR count). The van der Waals surface area contributed by atoms with Gasteiger partial charge in [-0.1, -0.05) is 26.2 Å². The van der Waals surface area contributed by atoms with Crippen LogP contribution in [0.1, 0.15) is 56.3 Å². The molecule has 1 saturated carbocycles. The number of fused-ring (bicyclic) bond motifs is 1. The number of aliphatic hydroxyl groups excluding tert-OH is 1. The minimum atomic E-state index is -0.440. The maximum atomic E-state index is 13.7. The van der Waals surface area contributed by atoms with E-state index in [1.165, 1.54) is 0 Å². The SMILES string of the molecule is COc1ccc(NC(=O)N(C)C[C@H]2Oc3ccc(NC(=O)C4CCCCC4)cc3C(=O)N([C@H](C)CO)C[C@H]2C)cc1. The molecule has 0 unspecified atom stereocenters. The molecule has 0 bridgehead atoms. The number of benzene rings is 2. The molecular formula is C31H42N4O6. The summed E-state index contributed by atoms with van der Waals surface area (Å²) in [4.78, 5) is 42.8. The molecule has 1 aliphatic heterocycles. The van der Waals surface area contributed by atoms with Crippen molar-refractivity contribution in [3.05, 3.63) is 48.0 Å². The molecule has 1 aliphatic carbocycles. The number of nitrogens with zero attached hydrogens (tertiary/aromatic N) is 2. The zero-order valence-corrected chi connectivity index (χ0v) is 24.4. The van der Waals surface area contributed by atoms with Gasteiger partial charge in [-0.15, -0.1) is 0 Å². The minimum absolute atomic E-state index is 0.0200.